The third kappa shape index (κ3) is 3.40. The van der Waals surface area contributed by atoms with E-state index in [1.165, 1.54) is 12.2 Å². The molecule has 0 aromatic rings. The summed E-state index contributed by atoms with van der Waals surface area (Å²) in [6.45, 7) is -2.98. The fourth-order valence-corrected chi connectivity index (χ4v) is 2.78. The number of hydrogen-bond donors (Lipinski definition) is 0. The zero-order valence-electron chi connectivity index (χ0n) is 8.50. The smallest absolute Gasteiger partial charge is 0.332 e. The van der Waals surface area contributed by atoms with E-state index in [1.54, 1.807) is 0 Å². The van der Waals surface area contributed by atoms with Gasteiger partial charge in [0.15, 0.2) is 6.52 Å². The normalized spacial score (nSPS) is 22.9. The summed E-state index contributed by atoms with van der Waals surface area (Å²) in [6.07, 6.45) is -4.85. The van der Waals surface area contributed by atoms with Gasteiger partial charge in [0.1, 0.15) is 0 Å². The van der Waals surface area contributed by atoms with Crippen molar-refractivity contribution in [3.63, 3.8) is 0 Å². The van der Waals surface area contributed by atoms with Crippen molar-refractivity contribution in [2.24, 2.45) is 0 Å². The van der Waals surface area contributed by atoms with E-state index in [9.17, 15) is 22.5 Å². The summed E-state index contributed by atoms with van der Waals surface area (Å²) < 4.78 is 49.0. The van der Waals surface area contributed by atoms with Crippen LogP contribution < -0.4 is 0 Å². The van der Waals surface area contributed by atoms with Gasteiger partial charge in [-0.2, -0.15) is 13.2 Å². The van der Waals surface area contributed by atoms with Crippen LogP contribution in [0, 0.1) is 0 Å². The largest absolute Gasteiger partial charge is 0.471 e. The first-order chi connectivity index (χ1) is 7.12. The van der Waals surface area contributed by atoms with Crippen molar-refractivity contribution in [3.8, 4) is 0 Å². The lowest BCUT2D eigenvalue weighted by Crippen LogP contribution is -2.51. The summed E-state index contributed by atoms with van der Waals surface area (Å²) in [4.78, 5) is 11.6. The number of carbonyl (C=O) groups excluding carboxylic acids is 1. The molecule has 0 radical (unpaired) electrons. The summed E-state index contributed by atoms with van der Waals surface area (Å²) in [6, 6.07) is 0. The number of halogens is 4. The highest BCUT2D eigenvalue weighted by atomic mass is 35.7. The molecular formula is C6H10BClF3N2O2P. The van der Waals surface area contributed by atoms with E-state index in [0.717, 1.165) is 0 Å². The van der Waals surface area contributed by atoms with Gasteiger partial charge in [-0.25, -0.2) is 4.67 Å². The lowest BCUT2D eigenvalue weighted by molar-refractivity contribution is -0.186. The fraction of sp³-hybridized carbons (Fsp3) is 0.833. The van der Waals surface area contributed by atoms with E-state index in [2.05, 4.69) is 0 Å². The summed E-state index contributed by atoms with van der Waals surface area (Å²) in [5, 5.41) is 0. The average molecular weight is 276 g/mol. The number of amides is 1. The van der Waals surface area contributed by atoms with Crippen LogP contribution in [0.5, 0.6) is 0 Å². The molecular weight excluding hydrogens is 266 g/mol. The Morgan fingerprint density at radius 2 is 1.69 bits per heavy atom. The van der Waals surface area contributed by atoms with Crippen molar-refractivity contribution in [1.82, 2.24) is 9.57 Å². The molecule has 0 aliphatic carbocycles. The number of piperazine rings is 1. The van der Waals surface area contributed by atoms with E-state index < -0.39 is 18.6 Å². The Morgan fingerprint density at radius 3 is 2.00 bits per heavy atom. The summed E-state index contributed by atoms with van der Waals surface area (Å²) in [7, 11) is 1.33. The first-order valence-electron chi connectivity index (χ1n) is 4.51. The molecule has 0 aromatic carbocycles. The maximum atomic E-state index is 12.1. The molecule has 1 amide bonds. The van der Waals surface area contributed by atoms with Crippen molar-refractivity contribution in [2.45, 2.75) is 6.18 Å². The molecule has 16 heavy (non-hydrogen) atoms. The van der Waals surface area contributed by atoms with Crippen LogP contribution in [0.4, 0.5) is 13.2 Å². The molecule has 1 fully saturated rings. The molecule has 1 rings (SSSR count). The molecule has 1 atom stereocenters. The molecule has 0 aromatic heterocycles. The van der Waals surface area contributed by atoms with Crippen molar-refractivity contribution >= 4 is 31.2 Å². The zero-order chi connectivity index (χ0) is 12.6. The molecule has 0 N–H and O–H groups in total. The Bertz CT molecular complexity index is 326. The van der Waals surface area contributed by atoms with Gasteiger partial charge in [0.2, 0.25) is 7.57 Å². The Kier molecular flexibility index (Phi) is 3.97. The van der Waals surface area contributed by atoms with Gasteiger partial charge >= 0.3 is 12.1 Å². The van der Waals surface area contributed by atoms with Gasteiger partial charge in [0, 0.05) is 26.2 Å². The number of alkyl halides is 3. The van der Waals surface area contributed by atoms with Crippen LogP contribution in [-0.2, 0) is 9.36 Å². The number of rotatable bonds is 1. The lowest BCUT2D eigenvalue weighted by atomic mass is 10.3. The van der Waals surface area contributed by atoms with Gasteiger partial charge in [0.25, 0.3) is 0 Å². The van der Waals surface area contributed by atoms with E-state index in [1.807, 2.05) is 0 Å². The van der Waals surface area contributed by atoms with Crippen LogP contribution >= 0.6 is 17.8 Å². The molecule has 1 unspecified atom stereocenters. The van der Waals surface area contributed by atoms with Crippen LogP contribution in [0.1, 0.15) is 0 Å². The highest BCUT2D eigenvalue weighted by Crippen LogP contribution is 2.49. The van der Waals surface area contributed by atoms with E-state index in [0.29, 0.717) is 4.90 Å². The summed E-state index contributed by atoms with van der Waals surface area (Å²) in [5.41, 5.74) is 0. The Morgan fingerprint density at radius 1 is 1.25 bits per heavy atom. The second kappa shape index (κ2) is 4.59. The second-order valence-corrected chi connectivity index (χ2v) is 7.52. The third-order valence-electron chi connectivity index (χ3n) is 2.29. The highest BCUT2D eigenvalue weighted by Gasteiger charge is 2.43. The first-order valence-corrected chi connectivity index (χ1v) is 7.52. The molecule has 10 heteroatoms. The minimum atomic E-state index is -4.85. The molecule has 1 saturated heterocycles. The zero-order valence-corrected chi connectivity index (χ0v) is 10.1. The summed E-state index contributed by atoms with van der Waals surface area (Å²) in [5.74, 6) is -1.85. The number of carbonyl (C=O) groups is 1. The van der Waals surface area contributed by atoms with E-state index >= 15 is 0 Å². The van der Waals surface area contributed by atoms with Crippen molar-refractivity contribution in [2.75, 3.05) is 26.2 Å². The minimum Gasteiger partial charge on any atom is -0.332 e. The van der Waals surface area contributed by atoms with E-state index in [-0.39, 0.29) is 26.2 Å². The van der Waals surface area contributed by atoms with Crippen LogP contribution in [0.25, 0.3) is 0 Å². The highest BCUT2D eigenvalue weighted by molar-refractivity contribution is 8.05. The molecule has 0 spiro atoms. The molecule has 4 nitrogen and oxygen atoms in total. The van der Waals surface area contributed by atoms with Crippen LogP contribution in [0.15, 0.2) is 0 Å². The van der Waals surface area contributed by atoms with Gasteiger partial charge in [-0.05, 0) is 11.2 Å². The molecule has 1 aliphatic heterocycles. The predicted molar refractivity (Wildman–Crippen MR) is 56.2 cm³/mol. The molecule has 0 bridgehead atoms. The Balaban J connectivity index is 2.56. The van der Waals surface area contributed by atoms with Crippen LogP contribution in [0.3, 0.4) is 0 Å². The minimum absolute atomic E-state index is 0.0963. The second-order valence-electron chi connectivity index (χ2n) is 3.52. The maximum Gasteiger partial charge on any atom is 0.471 e. The van der Waals surface area contributed by atoms with Crippen LogP contribution in [-0.4, -0.2) is 55.4 Å². The molecule has 92 valence electrons. The van der Waals surface area contributed by atoms with Gasteiger partial charge in [-0.1, -0.05) is 0 Å². The molecule has 1 heterocycles. The SMILES string of the molecule is BP(=O)(Cl)N1CCN(C(=O)C(F)(F)F)CC1. The lowest BCUT2D eigenvalue weighted by Gasteiger charge is -2.36. The number of nitrogens with zero attached hydrogens (tertiary/aromatic N) is 2. The monoisotopic (exact) mass is 276 g/mol. The van der Waals surface area contributed by atoms with Gasteiger partial charge < -0.3 is 9.46 Å². The van der Waals surface area contributed by atoms with Gasteiger partial charge in [-0.15, -0.1) is 0 Å². The van der Waals surface area contributed by atoms with Crippen LogP contribution in [0.2, 0.25) is 0 Å². The van der Waals surface area contributed by atoms with Crippen molar-refractivity contribution in [3.05, 3.63) is 0 Å². The average Bonchev–Trinajstić information content (AvgIpc) is 2.14. The molecule has 1 aliphatic rings. The maximum absolute atomic E-state index is 12.1. The fourth-order valence-electron chi connectivity index (χ4n) is 1.44. The van der Waals surface area contributed by atoms with Gasteiger partial charge in [0.05, 0.1) is 0 Å². The topological polar surface area (TPSA) is 40.6 Å². The van der Waals surface area contributed by atoms with Gasteiger partial charge in [-0.3, -0.25) is 4.79 Å². The number of hydrogen-bond acceptors (Lipinski definition) is 2. The standard InChI is InChI=1S/C6H10BClF3N2O2P/c7-16(8,15)13-3-1-12(2-4-13)5(14)6(9,10)11/h1-4,7H2. The van der Waals surface area contributed by atoms with Crippen molar-refractivity contribution < 1.29 is 22.5 Å². The predicted octanol–water partition coefficient (Wildman–Crippen LogP) is 0.673. The Hall–Kier alpha value is -0.195. The summed E-state index contributed by atoms with van der Waals surface area (Å²) >= 11 is 5.58. The molecule has 0 saturated carbocycles. The van der Waals surface area contributed by atoms with Crippen molar-refractivity contribution in [1.29, 1.82) is 0 Å². The van der Waals surface area contributed by atoms with E-state index in [4.69, 9.17) is 11.2 Å². The Labute approximate surface area is 96.3 Å². The third-order valence-corrected chi connectivity index (χ3v) is 4.34. The quantitative estimate of drug-likeness (QED) is 0.522. The first kappa shape index (κ1) is 13.9.